The first-order valence-corrected chi connectivity index (χ1v) is 8.17. The SMILES string of the molecule is Nc1nc(NC2CCC2)cc(N2C[C@H]3CCCN[C@H]3C2)n1. The van der Waals surface area contributed by atoms with E-state index < -0.39 is 0 Å². The smallest absolute Gasteiger partial charge is 0.223 e. The van der Waals surface area contributed by atoms with Crippen LogP contribution in [0.5, 0.6) is 0 Å². The van der Waals surface area contributed by atoms with Gasteiger partial charge in [-0.3, -0.25) is 0 Å². The standard InChI is InChI=1S/C15H24N6/c16-15-19-13(18-11-4-1-5-11)7-14(20-15)21-8-10-3-2-6-17-12(10)9-21/h7,10-12,17H,1-6,8-9H2,(H3,16,18,19,20)/t10-,12+/m1/s1. The number of nitrogens with two attached hydrogens (primary N) is 1. The fourth-order valence-corrected chi connectivity index (χ4v) is 3.68. The van der Waals surface area contributed by atoms with Crippen LogP contribution in [0.2, 0.25) is 0 Å². The number of fused-ring (bicyclic) bond motifs is 1. The van der Waals surface area contributed by atoms with Gasteiger partial charge in [0.05, 0.1) is 0 Å². The first-order valence-electron chi connectivity index (χ1n) is 8.17. The minimum atomic E-state index is 0.372. The summed E-state index contributed by atoms with van der Waals surface area (Å²) in [5.74, 6) is 2.97. The van der Waals surface area contributed by atoms with E-state index in [0.717, 1.165) is 37.2 Å². The number of nitrogens with zero attached hydrogens (tertiary/aromatic N) is 3. The van der Waals surface area contributed by atoms with Gasteiger partial charge in [-0.2, -0.15) is 9.97 Å². The highest BCUT2D eigenvalue weighted by Gasteiger charge is 2.35. The molecule has 2 atom stereocenters. The molecule has 0 bridgehead atoms. The summed E-state index contributed by atoms with van der Waals surface area (Å²) in [5, 5.41) is 7.10. The Balaban J connectivity index is 1.51. The summed E-state index contributed by atoms with van der Waals surface area (Å²) in [5.41, 5.74) is 5.90. The maximum Gasteiger partial charge on any atom is 0.223 e. The van der Waals surface area contributed by atoms with Crippen molar-refractivity contribution in [3.05, 3.63) is 6.07 Å². The minimum absolute atomic E-state index is 0.372. The topological polar surface area (TPSA) is 79.1 Å². The van der Waals surface area contributed by atoms with Crippen molar-refractivity contribution in [2.75, 3.05) is 35.6 Å². The van der Waals surface area contributed by atoms with Gasteiger partial charge in [-0.1, -0.05) is 0 Å². The van der Waals surface area contributed by atoms with Crippen LogP contribution in [0.15, 0.2) is 6.07 Å². The van der Waals surface area contributed by atoms with E-state index in [4.69, 9.17) is 5.73 Å². The van der Waals surface area contributed by atoms with Crippen LogP contribution in [0.1, 0.15) is 32.1 Å². The van der Waals surface area contributed by atoms with E-state index >= 15 is 0 Å². The summed E-state index contributed by atoms with van der Waals surface area (Å²) in [6, 6.07) is 3.24. The van der Waals surface area contributed by atoms with Crippen molar-refractivity contribution in [2.24, 2.45) is 5.92 Å². The van der Waals surface area contributed by atoms with Crippen molar-refractivity contribution in [2.45, 2.75) is 44.2 Å². The van der Waals surface area contributed by atoms with Gasteiger partial charge in [-0.15, -0.1) is 0 Å². The summed E-state index contributed by atoms with van der Waals surface area (Å²) in [6.07, 6.45) is 6.39. The lowest BCUT2D eigenvalue weighted by atomic mass is 9.93. The lowest BCUT2D eigenvalue weighted by Crippen LogP contribution is -2.40. The minimum Gasteiger partial charge on any atom is -0.368 e. The Bertz CT molecular complexity index is 501. The number of hydrogen-bond acceptors (Lipinski definition) is 6. The highest BCUT2D eigenvalue weighted by Crippen LogP contribution is 2.30. The van der Waals surface area contributed by atoms with E-state index in [1.165, 1.54) is 32.1 Å². The first-order chi connectivity index (χ1) is 10.3. The van der Waals surface area contributed by atoms with Gasteiger partial charge in [0.15, 0.2) is 0 Å². The molecule has 0 amide bonds. The van der Waals surface area contributed by atoms with E-state index in [1.54, 1.807) is 0 Å². The highest BCUT2D eigenvalue weighted by molar-refractivity contribution is 5.54. The number of piperidine rings is 1. The van der Waals surface area contributed by atoms with E-state index in [1.807, 2.05) is 0 Å². The second-order valence-electron chi connectivity index (χ2n) is 6.61. The summed E-state index contributed by atoms with van der Waals surface area (Å²) in [6.45, 7) is 3.26. The maximum absolute atomic E-state index is 5.90. The Morgan fingerprint density at radius 3 is 2.86 bits per heavy atom. The first kappa shape index (κ1) is 13.1. The summed E-state index contributed by atoms with van der Waals surface area (Å²) >= 11 is 0. The van der Waals surface area contributed by atoms with Crippen molar-refractivity contribution < 1.29 is 0 Å². The lowest BCUT2D eigenvalue weighted by molar-refractivity contribution is 0.340. The zero-order chi connectivity index (χ0) is 14.2. The molecule has 21 heavy (non-hydrogen) atoms. The summed E-state index contributed by atoms with van der Waals surface area (Å²) < 4.78 is 0. The molecule has 4 N–H and O–H groups in total. The Morgan fingerprint density at radius 2 is 2.10 bits per heavy atom. The lowest BCUT2D eigenvalue weighted by Gasteiger charge is -2.27. The number of rotatable bonds is 3. The van der Waals surface area contributed by atoms with Crippen molar-refractivity contribution >= 4 is 17.6 Å². The summed E-state index contributed by atoms with van der Waals surface area (Å²) in [4.78, 5) is 11.1. The molecule has 2 saturated heterocycles. The van der Waals surface area contributed by atoms with Crippen molar-refractivity contribution in [3.63, 3.8) is 0 Å². The van der Waals surface area contributed by atoms with Crippen LogP contribution in [0.25, 0.3) is 0 Å². The molecule has 6 nitrogen and oxygen atoms in total. The average molecular weight is 288 g/mol. The molecular weight excluding hydrogens is 264 g/mol. The molecular formula is C15H24N6. The fraction of sp³-hybridized carbons (Fsp3) is 0.733. The summed E-state index contributed by atoms with van der Waals surface area (Å²) in [7, 11) is 0. The van der Waals surface area contributed by atoms with Crippen LogP contribution >= 0.6 is 0 Å². The predicted octanol–water partition coefficient (Wildman–Crippen LogP) is 1.21. The molecule has 0 spiro atoms. The largest absolute Gasteiger partial charge is 0.368 e. The van der Waals surface area contributed by atoms with Crippen LogP contribution in [0.4, 0.5) is 17.6 Å². The van der Waals surface area contributed by atoms with Crippen molar-refractivity contribution in [1.82, 2.24) is 15.3 Å². The Hall–Kier alpha value is -1.56. The molecule has 0 radical (unpaired) electrons. The molecule has 1 aromatic heterocycles. The normalized spacial score (nSPS) is 29.0. The van der Waals surface area contributed by atoms with Gasteiger partial charge in [-0.05, 0) is 44.6 Å². The monoisotopic (exact) mass is 288 g/mol. The zero-order valence-electron chi connectivity index (χ0n) is 12.4. The van der Waals surface area contributed by atoms with Gasteiger partial charge in [0.1, 0.15) is 11.6 Å². The molecule has 1 saturated carbocycles. The van der Waals surface area contributed by atoms with E-state index in [-0.39, 0.29) is 0 Å². The molecule has 2 aliphatic heterocycles. The molecule has 1 aliphatic carbocycles. The Kier molecular flexibility index (Phi) is 3.33. The van der Waals surface area contributed by atoms with Crippen LogP contribution in [0, 0.1) is 5.92 Å². The fourth-order valence-electron chi connectivity index (χ4n) is 3.68. The quantitative estimate of drug-likeness (QED) is 0.776. The molecule has 0 unspecified atom stereocenters. The zero-order valence-corrected chi connectivity index (χ0v) is 12.4. The molecule has 6 heteroatoms. The van der Waals surface area contributed by atoms with E-state index in [2.05, 4.69) is 31.6 Å². The van der Waals surface area contributed by atoms with Gasteiger partial charge < -0.3 is 21.3 Å². The van der Waals surface area contributed by atoms with E-state index in [0.29, 0.717) is 18.0 Å². The number of nitrogens with one attached hydrogen (secondary N) is 2. The van der Waals surface area contributed by atoms with Gasteiger partial charge >= 0.3 is 0 Å². The number of hydrogen-bond donors (Lipinski definition) is 3. The highest BCUT2D eigenvalue weighted by atomic mass is 15.3. The molecule has 3 heterocycles. The van der Waals surface area contributed by atoms with E-state index in [9.17, 15) is 0 Å². The maximum atomic E-state index is 5.90. The van der Waals surface area contributed by atoms with Gasteiger partial charge in [0.25, 0.3) is 0 Å². The average Bonchev–Trinajstić information content (AvgIpc) is 2.86. The molecule has 3 aliphatic rings. The van der Waals surface area contributed by atoms with Crippen LogP contribution in [0.3, 0.4) is 0 Å². The Labute approximate surface area is 125 Å². The second-order valence-corrected chi connectivity index (χ2v) is 6.61. The number of anilines is 3. The third kappa shape index (κ3) is 2.64. The van der Waals surface area contributed by atoms with Gasteiger partial charge in [0, 0.05) is 31.2 Å². The van der Waals surface area contributed by atoms with Crippen molar-refractivity contribution in [3.8, 4) is 0 Å². The molecule has 1 aromatic rings. The number of aromatic nitrogens is 2. The molecule has 4 rings (SSSR count). The van der Waals surface area contributed by atoms with Gasteiger partial charge in [0.2, 0.25) is 5.95 Å². The third-order valence-corrected chi connectivity index (χ3v) is 5.11. The van der Waals surface area contributed by atoms with Crippen LogP contribution < -0.4 is 21.3 Å². The molecule has 114 valence electrons. The number of nitrogen functional groups attached to an aromatic ring is 1. The molecule has 3 fully saturated rings. The second kappa shape index (κ2) is 5.33. The van der Waals surface area contributed by atoms with Crippen LogP contribution in [-0.4, -0.2) is 41.7 Å². The van der Waals surface area contributed by atoms with Gasteiger partial charge in [-0.25, -0.2) is 0 Å². The molecule has 0 aromatic carbocycles. The predicted molar refractivity (Wildman–Crippen MR) is 84.4 cm³/mol. The third-order valence-electron chi connectivity index (χ3n) is 5.11. The van der Waals surface area contributed by atoms with Crippen LogP contribution in [-0.2, 0) is 0 Å². The van der Waals surface area contributed by atoms with Crippen molar-refractivity contribution in [1.29, 1.82) is 0 Å². The Morgan fingerprint density at radius 1 is 1.19 bits per heavy atom.